The first-order valence-corrected chi connectivity index (χ1v) is 5.18. The second kappa shape index (κ2) is 3.54. The number of benzene rings is 1. The van der Waals surface area contributed by atoms with Gasteiger partial charge in [-0.1, -0.05) is 18.2 Å². The van der Waals surface area contributed by atoms with Crippen molar-refractivity contribution in [3.05, 3.63) is 36.0 Å². The van der Waals surface area contributed by atoms with E-state index < -0.39 is 0 Å². The summed E-state index contributed by atoms with van der Waals surface area (Å²) >= 11 is 0. The highest BCUT2D eigenvalue weighted by Crippen LogP contribution is 2.24. The Hall–Kier alpha value is -1.57. The molecule has 1 aromatic heterocycles. The second-order valence-electron chi connectivity index (χ2n) is 4.02. The normalized spacial score (nSPS) is 13.0. The Morgan fingerprint density at radius 2 is 2.00 bits per heavy atom. The maximum Gasteiger partial charge on any atom is 0.152 e. The Labute approximate surface area is 89.5 Å². The molecule has 2 aromatic rings. The largest absolute Gasteiger partial charge is 0.337 e. The summed E-state index contributed by atoms with van der Waals surface area (Å²) in [5, 5.41) is 1.23. The monoisotopic (exact) mass is 201 g/mol. The number of hydrogen-bond acceptors (Lipinski definition) is 1. The zero-order chi connectivity index (χ0) is 11.0. The van der Waals surface area contributed by atoms with E-state index in [2.05, 4.69) is 25.3 Å². The first-order valence-electron chi connectivity index (χ1n) is 5.18. The van der Waals surface area contributed by atoms with Crippen LogP contribution in [0.25, 0.3) is 10.9 Å². The van der Waals surface area contributed by atoms with E-state index in [1.54, 1.807) is 6.92 Å². The molecule has 0 radical (unpaired) electrons. The number of rotatable bonds is 2. The lowest BCUT2D eigenvalue weighted by atomic mass is 10.2. The van der Waals surface area contributed by atoms with Gasteiger partial charge in [-0.25, -0.2) is 0 Å². The maximum atomic E-state index is 11.4. The third-order valence-electron chi connectivity index (χ3n) is 2.95. The molecule has 0 aliphatic carbocycles. The molecule has 0 amide bonds. The lowest BCUT2D eigenvalue weighted by molar-refractivity contribution is -0.119. The fourth-order valence-electron chi connectivity index (χ4n) is 1.90. The smallest absolute Gasteiger partial charge is 0.152 e. The number of ketones is 1. The number of hydrogen-bond donors (Lipinski definition) is 0. The molecule has 1 heterocycles. The van der Waals surface area contributed by atoms with Crippen molar-refractivity contribution in [1.29, 1.82) is 0 Å². The lowest BCUT2D eigenvalue weighted by Crippen LogP contribution is -2.11. The number of para-hydroxylation sites is 1. The van der Waals surface area contributed by atoms with Crippen molar-refractivity contribution in [2.24, 2.45) is 0 Å². The standard InChI is InChI=1S/C13H15NO/c1-9-8-14(10(2)11(3)15)13-7-5-4-6-12(9)13/h4-8,10H,1-3H3. The molecule has 15 heavy (non-hydrogen) atoms. The average Bonchev–Trinajstić information content (AvgIpc) is 2.56. The van der Waals surface area contributed by atoms with Gasteiger partial charge in [-0.15, -0.1) is 0 Å². The van der Waals surface area contributed by atoms with E-state index in [-0.39, 0.29) is 11.8 Å². The van der Waals surface area contributed by atoms with E-state index in [1.165, 1.54) is 10.9 Å². The number of fused-ring (bicyclic) bond motifs is 1. The summed E-state index contributed by atoms with van der Waals surface area (Å²) in [6, 6.07) is 8.10. The molecule has 0 saturated heterocycles. The molecule has 0 N–H and O–H groups in total. The van der Waals surface area contributed by atoms with Crippen LogP contribution < -0.4 is 0 Å². The number of aryl methyl sites for hydroxylation is 1. The number of Topliss-reactive ketones (excluding diaryl/α,β-unsaturated/α-hetero) is 1. The number of aromatic nitrogens is 1. The summed E-state index contributed by atoms with van der Waals surface area (Å²) < 4.78 is 2.05. The van der Waals surface area contributed by atoms with Gasteiger partial charge < -0.3 is 4.57 Å². The molecule has 0 aliphatic heterocycles. The van der Waals surface area contributed by atoms with Crippen LogP contribution in [0.2, 0.25) is 0 Å². The van der Waals surface area contributed by atoms with Gasteiger partial charge in [0.05, 0.1) is 6.04 Å². The molecule has 1 atom stereocenters. The Balaban J connectivity index is 2.67. The molecule has 0 aliphatic rings. The zero-order valence-corrected chi connectivity index (χ0v) is 9.32. The van der Waals surface area contributed by atoms with Crippen molar-refractivity contribution in [3.63, 3.8) is 0 Å². The van der Waals surface area contributed by atoms with Gasteiger partial charge in [0.2, 0.25) is 0 Å². The van der Waals surface area contributed by atoms with Crippen LogP contribution in [0.5, 0.6) is 0 Å². The second-order valence-corrected chi connectivity index (χ2v) is 4.02. The Kier molecular flexibility index (Phi) is 2.35. The summed E-state index contributed by atoms with van der Waals surface area (Å²) in [6.07, 6.45) is 2.05. The van der Waals surface area contributed by atoms with Gasteiger partial charge >= 0.3 is 0 Å². The predicted molar refractivity (Wildman–Crippen MR) is 62.1 cm³/mol. The summed E-state index contributed by atoms with van der Waals surface area (Å²) in [6.45, 7) is 5.65. The Morgan fingerprint density at radius 1 is 1.33 bits per heavy atom. The van der Waals surface area contributed by atoms with Crippen molar-refractivity contribution < 1.29 is 4.79 Å². The summed E-state index contributed by atoms with van der Waals surface area (Å²) in [5.74, 6) is 0.191. The van der Waals surface area contributed by atoms with Crippen LogP contribution in [0.1, 0.15) is 25.5 Å². The molecule has 1 aromatic carbocycles. The minimum absolute atomic E-state index is 0.0800. The molecular weight excluding hydrogens is 186 g/mol. The predicted octanol–water partition coefficient (Wildman–Crippen LogP) is 3.10. The third kappa shape index (κ3) is 1.56. The van der Waals surface area contributed by atoms with Gasteiger partial charge in [0.15, 0.2) is 5.78 Å². The number of carbonyl (C=O) groups excluding carboxylic acids is 1. The fourth-order valence-corrected chi connectivity index (χ4v) is 1.90. The first-order chi connectivity index (χ1) is 7.11. The Morgan fingerprint density at radius 3 is 2.67 bits per heavy atom. The zero-order valence-electron chi connectivity index (χ0n) is 9.32. The molecule has 2 nitrogen and oxygen atoms in total. The molecule has 0 spiro atoms. The van der Waals surface area contributed by atoms with E-state index in [0.717, 1.165) is 5.52 Å². The average molecular weight is 201 g/mol. The van der Waals surface area contributed by atoms with Crippen molar-refractivity contribution >= 4 is 16.7 Å². The van der Waals surface area contributed by atoms with Gasteiger partial charge in [0.25, 0.3) is 0 Å². The van der Waals surface area contributed by atoms with Crippen LogP contribution in [0, 0.1) is 6.92 Å². The number of carbonyl (C=O) groups is 1. The van der Waals surface area contributed by atoms with Crippen LogP contribution in [0.15, 0.2) is 30.5 Å². The van der Waals surface area contributed by atoms with Gasteiger partial charge in [-0.05, 0) is 32.4 Å². The van der Waals surface area contributed by atoms with Crippen molar-refractivity contribution in [2.45, 2.75) is 26.8 Å². The molecular formula is C13H15NO. The topological polar surface area (TPSA) is 22.0 Å². The first kappa shape index (κ1) is 9.97. The molecule has 0 saturated carbocycles. The highest BCUT2D eigenvalue weighted by Gasteiger charge is 2.13. The van der Waals surface area contributed by atoms with Crippen molar-refractivity contribution in [3.8, 4) is 0 Å². The summed E-state index contributed by atoms with van der Waals surface area (Å²) in [7, 11) is 0. The molecule has 0 bridgehead atoms. The van der Waals surface area contributed by atoms with E-state index in [9.17, 15) is 4.79 Å². The van der Waals surface area contributed by atoms with Gasteiger partial charge in [-0.2, -0.15) is 0 Å². The van der Waals surface area contributed by atoms with E-state index in [1.807, 2.05) is 23.6 Å². The van der Waals surface area contributed by atoms with Crippen LogP contribution in [-0.2, 0) is 4.79 Å². The fraction of sp³-hybridized carbons (Fsp3) is 0.308. The minimum atomic E-state index is -0.0800. The van der Waals surface area contributed by atoms with Gasteiger partial charge in [0.1, 0.15) is 0 Å². The number of nitrogens with zero attached hydrogens (tertiary/aromatic N) is 1. The van der Waals surface area contributed by atoms with Crippen LogP contribution in [-0.4, -0.2) is 10.4 Å². The molecule has 1 unspecified atom stereocenters. The summed E-state index contributed by atoms with van der Waals surface area (Å²) in [5.41, 5.74) is 2.36. The molecule has 2 heteroatoms. The van der Waals surface area contributed by atoms with E-state index in [0.29, 0.717) is 0 Å². The lowest BCUT2D eigenvalue weighted by Gasteiger charge is -2.11. The van der Waals surface area contributed by atoms with Gasteiger partial charge in [0, 0.05) is 17.1 Å². The van der Waals surface area contributed by atoms with E-state index in [4.69, 9.17) is 0 Å². The molecule has 78 valence electrons. The maximum absolute atomic E-state index is 11.4. The molecule has 0 fully saturated rings. The SMILES string of the molecule is CC(=O)C(C)n1cc(C)c2ccccc21. The highest BCUT2D eigenvalue weighted by atomic mass is 16.1. The van der Waals surface area contributed by atoms with Crippen molar-refractivity contribution in [1.82, 2.24) is 4.57 Å². The summed E-state index contributed by atoms with van der Waals surface area (Å²) in [4.78, 5) is 11.4. The molecule has 2 rings (SSSR count). The van der Waals surface area contributed by atoms with Crippen LogP contribution >= 0.6 is 0 Å². The highest BCUT2D eigenvalue weighted by molar-refractivity contribution is 5.87. The minimum Gasteiger partial charge on any atom is -0.337 e. The van der Waals surface area contributed by atoms with E-state index >= 15 is 0 Å². The van der Waals surface area contributed by atoms with Crippen LogP contribution in [0.4, 0.5) is 0 Å². The Bertz CT molecular complexity index is 510. The van der Waals surface area contributed by atoms with Crippen LogP contribution in [0.3, 0.4) is 0 Å². The third-order valence-corrected chi connectivity index (χ3v) is 2.95. The quantitative estimate of drug-likeness (QED) is 0.731. The van der Waals surface area contributed by atoms with Gasteiger partial charge in [-0.3, -0.25) is 4.79 Å². The van der Waals surface area contributed by atoms with Crippen molar-refractivity contribution in [2.75, 3.05) is 0 Å².